The van der Waals surface area contributed by atoms with Gasteiger partial charge in [0.2, 0.25) is 0 Å². The molecule has 14 heavy (non-hydrogen) atoms. The van der Waals surface area contributed by atoms with Gasteiger partial charge in [-0.05, 0) is 38.0 Å². The third-order valence-electron chi connectivity index (χ3n) is 3.22. The standard InChI is InChI=1S/C12H16BrN/c1-9-7-8-14(9)10(2)11-3-5-12(13)6-4-11/h3-6,9-10H,7-8H2,1-2H3. The maximum atomic E-state index is 3.46. The minimum absolute atomic E-state index is 0.562. The normalized spacial score (nSPS) is 24.4. The zero-order valence-corrected chi connectivity index (χ0v) is 10.3. The molecule has 76 valence electrons. The Bertz CT molecular complexity index is 307. The molecule has 0 spiro atoms. The second-order valence-corrected chi connectivity index (χ2v) is 5.02. The zero-order valence-electron chi connectivity index (χ0n) is 8.70. The van der Waals surface area contributed by atoms with Crippen LogP contribution in [0, 0.1) is 0 Å². The van der Waals surface area contributed by atoms with Crippen molar-refractivity contribution in [1.29, 1.82) is 0 Å². The molecule has 0 aromatic heterocycles. The maximum Gasteiger partial charge on any atom is 0.0322 e. The van der Waals surface area contributed by atoms with E-state index in [1.165, 1.54) is 18.5 Å². The molecule has 2 unspecified atom stereocenters. The van der Waals surface area contributed by atoms with Gasteiger partial charge in [-0.1, -0.05) is 28.1 Å². The van der Waals surface area contributed by atoms with Gasteiger partial charge in [-0.3, -0.25) is 4.90 Å². The van der Waals surface area contributed by atoms with Crippen molar-refractivity contribution in [2.24, 2.45) is 0 Å². The lowest BCUT2D eigenvalue weighted by Crippen LogP contribution is -2.46. The van der Waals surface area contributed by atoms with Gasteiger partial charge in [0, 0.05) is 23.1 Å². The van der Waals surface area contributed by atoms with Gasteiger partial charge in [-0.15, -0.1) is 0 Å². The van der Waals surface area contributed by atoms with Crippen LogP contribution >= 0.6 is 15.9 Å². The highest BCUT2D eigenvalue weighted by atomic mass is 79.9. The van der Waals surface area contributed by atoms with Gasteiger partial charge in [0.1, 0.15) is 0 Å². The van der Waals surface area contributed by atoms with E-state index in [9.17, 15) is 0 Å². The fourth-order valence-corrected chi connectivity index (χ4v) is 2.31. The summed E-state index contributed by atoms with van der Waals surface area (Å²) in [5.41, 5.74) is 1.42. The number of nitrogens with zero attached hydrogens (tertiary/aromatic N) is 1. The van der Waals surface area contributed by atoms with Crippen LogP contribution in [-0.4, -0.2) is 17.5 Å². The molecule has 1 heterocycles. The first-order valence-corrected chi connectivity index (χ1v) is 5.99. The van der Waals surface area contributed by atoms with Crippen molar-refractivity contribution in [3.05, 3.63) is 34.3 Å². The number of likely N-dealkylation sites (tertiary alicyclic amines) is 1. The SMILES string of the molecule is CC1CCN1C(C)c1ccc(Br)cc1. The molecular formula is C12H16BrN. The van der Waals surface area contributed by atoms with Crippen LogP contribution in [0.4, 0.5) is 0 Å². The van der Waals surface area contributed by atoms with E-state index in [0.717, 1.165) is 10.5 Å². The molecule has 1 aliphatic rings. The predicted molar refractivity (Wildman–Crippen MR) is 63.3 cm³/mol. The third-order valence-corrected chi connectivity index (χ3v) is 3.75. The first-order chi connectivity index (χ1) is 6.68. The Hall–Kier alpha value is -0.340. The summed E-state index contributed by atoms with van der Waals surface area (Å²) in [6, 6.07) is 9.98. The molecular weight excluding hydrogens is 238 g/mol. The lowest BCUT2D eigenvalue weighted by atomic mass is 9.98. The highest BCUT2D eigenvalue weighted by Crippen LogP contribution is 2.30. The Morgan fingerprint density at radius 1 is 1.36 bits per heavy atom. The van der Waals surface area contributed by atoms with Gasteiger partial charge in [0.05, 0.1) is 0 Å². The molecule has 1 aromatic carbocycles. The van der Waals surface area contributed by atoms with Gasteiger partial charge in [-0.2, -0.15) is 0 Å². The van der Waals surface area contributed by atoms with Crippen molar-refractivity contribution in [3.8, 4) is 0 Å². The fourth-order valence-electron chi connectivity index (χ4n) is 2.04. The van der Waals surface area contributed by atoms with Crippen molar-refractivity contribution in [1.82, 2.24) is 4.90 Å². The minimum Gasteiger partial charge on any atom is -0.294 e. The van der Waals surface area contributed by atoms with Crippen molar-refractivity contribution in [2.45, 2.75) is 32.4 Å². The molecule has 1 nitrogen and oxygen atoms in total. The number of benzene rings is 1. The van der Waals surface area contributed by atoms with Crippen LogP contribution < -0.4 is 0 Å². The molecule has 0 radical (unpaired) electrons. The summed E-state index contributed by atoms with van der Waals surface area (Å²) in [5.74, 6) is 0. The Balaban J connectivity index is 2.10. The van der Waals surface area contributed by atoms with Crippen molar-refractivity contribution < 1.29 is 0 Å². The van der Waals surface area contributed by atoms with Crippen LogP contribution in [0.1, 0.15) is 31.9 Å². The first kappa shape index (κ1) is 10.2. The van der Waals surface area contributed by atoms with Crippen LogP contribution in [0.5, 0.6) is 0 Å². The van der Waals surface area contributed by atoms with E-state index in [2.05, 4.69) is 58.9 Å². The molecule has 0 aliphatic carbocycles. The number of hydrogen-bond donors (Lipinski definition) is 0. The predicted octanol–water partition coefficient (Wildman–Crippen LogP) is 3.60. The minimum atomic E-state index is 0.562. The van der Waals surface area contributed by atoms with Gasteiger partial charge in [-0.25, -0.2) is 0 Å². The molecule has 0 N–H and O–H groups in total. The number of hydrogen-bond acceptors (Lipinski definition) is 1. The second kappa shape index (κ2) is 4.03. The molecule has 1 aromatic rings. The van der Waals surface area contributed by atoms with Crippen LogP contribution in [0.2, 0.25) is 0 Å². The summed E-state index contributed by atoms with van der Waals surface area (Å²) in [6.45, 7) is 5.84. The van der Waals surface area contributed by atoms with Crippen LogP contribution in [0.25, 0.3) is 0 Å². The van der Waals surface area contributed by atoms with E-state index < -0.39 is 0 Å². The molecule has 1 saturated heterocycles. The summed E-state index contributed by atoms with van der Waals surface area (Å²) >= 11 is 3.46. The first-order valence-electron chi connectivity index (χ1n) is 5.19. The maximum absolute atomic E-state index is 3.46. The summed E-state index contributed by atoms with van der Waals surface area (Å²) < 4.78 is 1.16. The van der Waals surface area contributed by atoms with Gasteiger partial charge >= 0.3 is 0 Å². The Kier molecular flexibility index (Phi) is 2.93. The van der Waals surface area contributed by atoms with E-state index in [-0.39, 0.29) is 0 Å². The van der Waals surface area contributed by atoms with E-state index >= 15 is 0 Å². The van der Waals surface area contributed by atoms with Crippen LogP contribution in [0.3, 0.4) is 0 Å². The summed E-state index contributed by atoms with van der Waals surface area (Å²) in [4.78, 5) is 2.54. The molecule has 1 aliphatic heterocycles. The monoisotopic (exact) mass is 253 g/mol. The Morgan fingerprint density at radius 3 is 2.43 bits per heavy atom. The fraction of sp³-hybridized carbons (Fsp3) is 0.500. The van der Waals surface area contributed by atoms with Gasteiger partial charge in [0.25, 0.3) is 0 Å². The number of rotatable bonds is 2. The summed E-state index contributed by atoms with van der Waals surface area (Å²) in [6.07, 6.45) is 1.35. The van der Waals surface area contributed by atoms with E-state index in [1.54, 1.807) is 0 Å². The quantitative estimate of drug-likeness (QED) is 0.779. The van der Waals surface area contributed by atoms with Crippen LogP contribution in [-0.2, 0) is 0 Å². The summed E-state index contributed by atoms with van der Waals surface area (Å²) in [5, 5.41) is 0. The molecule has 2 heteroatoms. The number of halogens is 1. The average Bonchev–Trinajstić information content (AvgIpc) is 2.16. The topological polar surface area (TPSA) is 3.24 Å². The highest BCUT2D eigenvalue weighted by Gasteiger charge is 2.28. The van der Waals surface area contributed by atoms with Crippen molar-refractivity contribution in [2.75, 3.05) is 6.54 Å². The molecule has 0 bridgehead atoms. The largest absolute Gasteiger partial charge is 0.294 e. The molecule has 1 fully saturated rings. The molecule has 0 saturated carbocycles. The smallest absolute Gasteiger partial charge is 0.0322 e. The van der Waals surface area contributed by atoms with Gasteiger partial charge < -0.3 is 0 Å². The van der Waals surface area contributed by atoms with E-state index in [4.69, 9.17) is 0 Å². The molecule has 2 atom stereocenters. The molecule has 0 amide bonds. The molecule has 2 rings (SSSR count). The zero-order chi connectivity index (χ0) is 10.1. The lowest BCUT2D eigenvalue weighted by Gasteiger charge is -2.43. The van der Waals surface area contributed by atoms with E-state index in [1.807, 2.05) is 0 Å². The Morgan fingerprint density at radius 2 is 2.00 bits per heavy atom. The lowest BCUT2D eigenvalue weighted by molar-refractivity contribution is 0.0604. The average molecular weight is 254 g/mol. The third kappa shape index (κ3) is 1.86. The summed E-state index contributed by atoms with van der Waals surface area (Å²) in [7, 11) is 0. The Labute approximate surface area is 94.2 Å². The van der Waals surface area contributed by atoms with Gasteiger partial charge in [0.15, 0.2) is 0 Å². The second-order valence-electron chi connectivity index (χ2n) is 4.10. The highest BCUT2D eigenvalue weighted by molar-refractivity contribution is 9.10. The van der Waals surface area contributed by atoms with Crippen molar-refractivity contribution >= 4 is 15.9 Å². The van der Waals surface area contributed by atoms with Crippen molar-refractivity contribution in [3.63, 3.8) is 0 Å². The van der Waals surface area contributed by atoms with E-state index in [0.29, 0.717) is 6.04 Å². The van der Waals surface area contributed by atoms with Crippen LogP contribution in [0.15, 0.2) is 28.7 Å².